The average molecular weight is 284 g/mol. The Morgan fingerprint density at radius 1 is 1.19 bits per heavy atom. The molecule has 2 aromatic rings. The van der Waals surface area contributed by atoms with Crippen molar-refractivity contribution in [1.29, 1.82) is 5.26 Å². The molecule has 21 heavy (non-hydrogen) atoms. The van der Waals surface area contributed by atoms with Gasteiger partial charge in [0.05, 0.1) is 11.6 Å². The third kappa shape index (κ3) is 4.59. The smallest absolute Gasteiger partial charge is 0.127 e. The third-order valence-electron chi connectivity index (χ3n) is 3.10. The maximum Gasteiger partial charge on any atom is 0.127 e. The highest BCUT2D eigenvalue weighted by Gasteiger charge is 2.07. The van der Waals surface area contributed by atoms with Gasteiger partial charge in [-0.1, -0.05) is 18.2 Å². The lowest BCUT2D eigenvalue weighted by molar-refractivity contribution is 0.231. The maximum absolute atomic E-state index is 13.7. The van der Waals surface area contributed by atoms with Gasteiger partial charge in [0.15, 0.2) is 0 Å². The Labute approximate surface area is 124 Å². The SMILES string of the molecule is CN(CCOc1ccccc1)Cc1cc(C#N)ccc1F. The minimum absolute atomic E-state index is 0.287. The Morgan fingerprint density at radius 2 is 1.95 bits per heavy atom. The molecule has 0 saturated carbocycles. The number of hydrogen-bond donors (Lipinski definition) is 0. The van der Waals surface area contributed by atoms with Crippen molar-refractivity contribution in [2.45, 2.75) is 6.54 Å². The van der Waals surface area contributed by atoms with Gasteiger partial charge in [0.25, 0.3) is 0 Å². The standard InChI is InChI=1S/C17H17FN2O/c1-20(9-10-21-16-5-3-2-4-6-16)13-15-11-14(12-19)7-8-17(15)18/h2-8,11H,9-10,13H2,1H3. The van der Waals surface area contributed by atoms with Gasteiger partial charge in [-0.3, -0.25) is 4.90 Å². The Hall–Kier alpha value is -2.38. The normalized spacial score (nSPS) is 10.4. The highest BCUT2D eigenvalue weighted by atomic mass is 19.1. The summed E-state index contributed by atoms with van der Waals surface area (Å²) in [5.41, 5.74) is 0.997. The number of para-hydroxylation sites is 1. The van der Waals surface area contributed by atoms with Crippen LogP contribution in [0.2, 0.25) is 0 Å². The van der Waals surface area contributed by atoms with E-state index in [9.17, 15) is 4.39 Å². The van der Waals surface area contributed by atoms with Crippen LogP contribution in [0.3, 0.4) is 0 Å². The van der Waals surface area contributed by atoms with Crippen LogP contribution in [-0.4, -0.2) is 25.1 Å². The third-order valence-corrected chi connectivity index (χ3v) is 3.10. The summed E-state index contributed by atoms with van der Waals surface area (Å²) in [5, 5.41) is 8.85. The molecule has 2 aromatic carbocycles. The van der Waals surface area contributed by atoms with Gasteiger partial charge in [-0.15, -0.1) is 0 Å². The summed E-state index contributed by atoms with van der Waals surface area (Å²) in [6.45, 7) is 1.64. The van der Waals surface area contributed by atoms with E-state index in [4.69, 9.17) is 10.00 Å². The van der Waals surface area contributed by atoms with E-state index in [1.807, 2.05) is 48.3 Å². The molecule has 4 heteroatoms. The predicted octanol–water partition coefficient (Wildman–Crippen LogP) is 3.21. The van der Waals surface area contributed by atoms with Crippen molar-refractivity contribution < 1.29 is 9.13 Å². The van der Waals surface area contributed by atoms with Crippen LogP contribution in [0.1, 0.15) is 11.1 Å². The average Bonchev–Trinajstić information content (AvgIpc) is 2.50. The molecule has 2 rings (SSSR count). The van der Waals surface area contributed by atoms with Crippen LogP contribution in [-0.2, 0) is 6.54 Å². The largest absolute Gasteiger partial charge is 0.492 e. The highest BCUT2D eigenvalue weighted by Crippen LogP contribution is 2.12. The van der Waals surface area contributed by atoms with Crippen molar-refractivity contribution in [2.24, 2.45) is 0 Å². The van der Waals surface area contributed by atoms with Gasteiger partial charge < -0.3 is 4.74 Å². The molecule has 0 aliphatic rings. The van der Waals surface area contributed by atoms with Gasteiger partial charge in [-0.2, -0.15) is 5.26 Å². The number of rotatable bonds is 6. The van der Waals surface area contributed by atoms with Crippen molar-refractivity contribution in [3.63, 3.8) is 0 Å². The second kappa shape index (κ2) is 7.41. The van der Waals surface area contributed by atoms with Crippen molar-refractivity contribution in [2.75, 3.05) is 20.2 Å². The summed E-state index contributed by atoms with van der Waals surface area (Å²) in [5.74, 6) is 0.536. The monoisotopic (exact) mass is 284 g/mol. The molecule has 0 unspecified atom stereocenters. The first kappa shape index (κ1) is 15.0. The number of hydrogen-bond acceptors (Lipinski definition) is 3. The van der Waals surface area contributed by atoms with E-state index in [0.717, 1.165) is 5.75 Å². The number of nitriles is 1. The summed E-state index contributed by atoms with van der Waals surface area (Å²) in [7, 11) is 1.90. The van der Waals surface area contributed by atoms with E-state index in [1.165, 1.54) is 12.1 Å². The van der Waals surface area contributed by atoms with Gasteiger partial charge in [0.2, 0.25) is 0 Å². The highest BCUT2D eigenvalue weighted by molar-refractivity contribution is 5.33. The lowest BCUT2D eigenvalue weighted by Gasteiger charge is -2.17. The molecule has 0 aromatic heterocycles. The molecular weight excluding hydrogens is 267 g/mol. The Morgan fingerprint density at radius 3 is 2.67 bits per heavy atom. The van der Waals surface area contributed by atoms with Crippen molar-refractivity contribution in [3.8, 4) is 11.8 Å². The summed E-state index contributed by atoms with van der Waals surface area (Å²) in [4.78, 5) is 1.96. The van der Waals surface area contributed by atoms with E-state index in [-0.39, 0.29) is 5.82 Å². The minimum atomic E-state index is -0.287. The zero-order chi connectivity index (χ0) is 15.1. The molecular formula is C17H17FN2O. The molecule has 0 atom stereocenters. The molecule has 108 valence electrons. The first-order chi connectivity index (χ1) is 10.2. The molecule has 0 aliphatic carbocycles. The molecule has 0 amide bonds. The van der Waals surface area contributed by atoms with E-state index in [0.29, 0.717) is 30.8 Å². The summed E-state index contributed by atoms with van der Waals surface area (Å²) in [6, 6.07) is 16.0. The fraction of sp³-hybridized carbons (Fsp3) is 0.235. The van der Waals surface area contributed by atoms with Crippen molar-refractivity contribution in [1.82, 2.24) is 4.90 Å². The predicted molar refractivity (Wildman–Crippen MR) is 79.4 cm³/mol. The molecule has 0 bridgehead atoms. The van der Waals surface area contributed by atoms with Crippen LogP contribution in [0.25, 0.3) is 0 Å². The number of benzene rings is 2. The summed E-state index contributed by atoms with van der Waals surface area (Å²) in [6.07, 6.45) is 0. The summed E-state index contributed by atoms with van der Waals surface area (Å²) >= 11 is 0. The molecule has 0 saturated heterocycles. The number of ether oxygens (including phenoxy) is 1. The van der Waals surface area contributed by atoms with Gasteiger partial charge >= 0.3 is 0 Å². The second-order valence-corrected chi connectivity index (χ2v) is 4.82. The first-order valence-corrected chi connectivity index (χ1v) is 6.74. The maximum atomic E-state index is 13.7. The van der Waals surface area contributed by atoms with Crippen LogP contribution in [0.5, 0.6) is 5.75 Å². The lowest BCUT2D eigenvalue weighted by atomic mass is 10.1. The molecule has 0 aliphatic heterocycles. The molecule has 0 spiro atoms. The van der Waals surface area contributed by atoms with Gasteiger partial charge in [0, 0.05) is 18.7 Å². The number of likely N-dealkylation sites (N-methyl/N-ethyl adjacent to an activating group) is 1. The Kier molecular flexibility index (Phi) is 5.30. The van der Waals surface area contributed by atoms with Gasteiger partial charge in [0.1, 0.15) is 18.2 Å². The lowest BCUT2D eigenvalue weighted by Crippen LogP contribution is -2.24. The van der Waals surface area contributed by atoms with E-state index in [2.05, 4.69) is 0 Å². The zero-order valence-electron chi connectivity index (χ0n) is 11.9. The molecule has 0 heterocycles. The van der Waals surface area contributed by atoms with Gasteiger partial charge in [-0.05, 0) is 37.4 Å². The van der Waals surface area contributed by atoms with E-state index >= 15 is 0 Å². The summed E-state index contributed by atoms with van der Waals surface area (Å²) < 4.78 is 19.3. The van der Waals surface area contributed by atoms with Crippen LogP contribution in [0.15, 0.2) is 48.5 Å². The molecule has 0 radical (unpaired) electrons. The van der Waals surface area contributed by atoms with E-state index in [1.54, 1.807) is 6.07 Å². The Bertz CT molecular complexity index is 622. The topological polar surface area (TPSA) is 36.3 Å². The van der Waals surface area contributed by atoms with Crippen molar-refractivity contribution >= 4 is 0 Å². The van der Waals surface area contributed by atoms with Crippen molar-refractivity contribution in [3.05, 3.63) is 65.5 Å². The first-order valence-electron chi connectivity index (χ1n) is 6.74. The van der Waals surface area contributed by atoms with Crippen LogP contribution >= 0.6 is 0 Å². The Balaban J connectivity index is 1.84. The molecule has 0 fully saturated rings. The fourth-order valence-corrected chi connectivity index (χ4v) is 1.97. The molecule has 3 nitrogen and oxygen atoms in total. The van der Waals surface area contributed by atoms with Crippen LogP contribution in [0, 0.1) is 17.1 Å². The van der Waals surface area contributed by atoms with Crippen LogP contribution in [0.4, 0.5) is 4.39 Å². The van der Waals surface area contributed by atoms with Crippen LogP contribution < -0.4 is 4.74 Å². The van der Waals surface area contributed by atoms with E-state index < -0.39 is 0 Å². The fourth-order valence-electron chi connectivity index (χ4n) is 1.97. The molecule has 0 N–H and O–H groups in total. The zero-order valence-corrected chi connectivity index (χ0v) is 11.9. The number of nitrogens with zero attached hydrogens (tertiary/aromatic N) is 2. The minimum Gasteiger partial charge on any atom is -0.492 e. The second-order valence-electron chi connectivity index (χ2n) is 4.82. The van der Waals surface area contributed by atoms with Gasteiger partial charge in [-0.25, -0.2) is 4.39 Å². The quantitative estimate of drug-likeness (QED) is 0.817. The number of halogens is 1.